The highest BCUT2D eigenvalue weighted by Crippen LogP contribution is 2.30. The minimum atomic E-state index is -4.92. The van der Waals surface area contributed by atoms with Gasteiger partial charge in [0.25, 0.3) is 5.56 Å². The molecule has 5 nitrogen and oxygen atoms in total. The summed E-state index contributed by atoms with van der Waals surface area (Å²) in [4.78, 5) is 27.6. The van der Waals surface area contributed by atoms with Gasteiger partial charge in [0.05, 0.1) is 21.6 Å². The lowest BCUT2D eigenvalue weighted by Gasteiger charge is -2.14. The van der Waals surface area contributed by atoms with Crippen molar-refractivity contribution in [3.63, 3.8) is 0 Å². The second kappa shape index (κ2) is 6.31. The number of hydrogen-bond donors (Lipinski definition) is 0. The van der Waals surface area contributed by atoms with Crippen LogP contribution in [0.5, 0.6) is 0 Å². The molecule has 24 heavy (non-hydrogen) atoms. The lowest BCUT2D eigenvalue weighted by molar-refractivity contribution is -0.144. The summed E-state index contributed by atoms with van der Waals surface area (Å²) < 4.78 is 52.9. The molecule has 11 heteroatoms. The van der Waals surface area contributed by atoms with Crippen molar-refractivity contribution in [3.05, 3.63) is 55.6 Å². The minimum absolute atomic E-state index is 0.100. The first-order chi connectivity index (χ1) is 11.1. The number of aromatic nitrogens is 2. The van der Waals surface area contributed by atoms with E-state index in [1.165, 1.54) is 0 Å². The molecule has 126 valence electrons. The van der Waals surface area contributed by atoms with E-state index in [1.807, 2.05) is 5.16 Å². The summed E-state index contributed by atoms with van der Waals surface area (Å²) in [5, 5.41) is 1.80. The first kappa shape index (κ1) is 18.1. The van der Waals surface area contributed by atoms with Gasteiger partial charge in [-0.05, 0) is 24.4 Å². The molecule has 0 bridgehead atoms. The Morgan fingerprint density at radius 2 is 1.88 bits per heavy atom. The van der Waals surface area contributed by atoms with E-state index < -0.39 is 34.6 Å². The van der Waals surface area contributed by atoms with Gasteiger partial charge in [0, 0.05) is 13.1 Å². The number of nitrogens with zero attached hydrogens (tertiary/aromatic N) is 3. The van der Waals surface area contributed by atoms with E-state index >= 15 is 0 Å². The van der Waals surface area contributed by atoms with Gasteiger partial charge in [-0.1, -0.05) is 11.6 Å². The summed E-state index contributed by atoms with van der Waals surface area (Å²) >= 11 is 10.1. The van der Waals surface area contributed by atoms with Crippen molar-refractivity contribution in [2.45, 2.75) is 6.18 Å². The third-order valence-electron chi connectivity index (χ3n) is 3.03. The lowest BCUT2D eigenvalue weighted by Crippen LogP contribution is -2.41. The fourth-order valence-electron chi connectivity index (χ4n) is 1.95. The molecular weight excluding hydrogens is 374 g/mol. The molecule has 0 N–H and O–H groups in total. The maximum Gasteiger partial charge on any atom is 0.431 e. The number of hydrogen-bond acceptors (Lipinski definition) is 4. The molecule has 0 saturated heterocycles. The van der Waals surface area contributed by atoms with Gasteiger partial charge in [-0.2, -0.15) is 18.2 Å². The summed E-state index contributed by atoms with van der Waals surface area (Å²) in [5.74, 6) is -1.10. The number of benzene rings is 1. The number of aliphatic imine (C=N–C) groups is 1. The third kappa shape index (κ3) is 3.16. The van der Waals surface area contributed by atoms with Crippen LogP contribution in [0.25, 0.3) is 5.69 Å². The molecule has 0 spiro atoms. The largest absolute Gasteiger partial charge is 0.431 e. The number of halogens is 5. The molecule has 1 heterocycles. The lowest BCUT2D eigenvalue weighted by atomic mass is 10.2. The molecule has 2 aromatic rings. The van der Waals surface area contributed by atoms with Crippen LogP contribution in [0.2, 0.25) is 5.02 Å². The van der Waals surface area contributed by atoms with Crippen molar-refractivity contribution >= 4 is 34.7 Å². The van der Waals surface area contributed by atoms with Crippen LogP contribution in [0.1, 0.15) is 5.69 Å². The monoisotopic (exact) mass is 379 g/mol. The SMILES string of the molecule is Cn1c(C(F)(F)F)cc(=O)n(-c2cc(N=C=S)c(Cl)cc2F)c1=O. The highest BCUT2D eigenvalue weighted by Gasteiger charge is 2.35. The van der Waals surface area contributed by atoms with Crippen LogP contribution in [0.15, 0.2) is 32.8 Å². The molecule has 0 radical (unpaired) electrons. The third-order valence-corrected chi connectivity index (χ3v) is 3.43. The quantitative estimate of drug-likeness (QED) is 0.458. The number of thiocarbonyl (C=S) groups is 1. The molecule has 1 aromatic heterocycles. The Bertz CT molecular complexity index is 990. The topological polar surface area (TPSA) is 56.4 Å². The zero-order valence-electron chi connectivity index (χ0n) is 11.7. The maximum atomic E-state index is 14.1. The summed E-state index contributed by atoms with van der Waals surface area (Å²) in [6, 6.07) is 1.86. The first-order valence-electron chi connectivity index (χ1n) is 6.05. The molecule has 0 aliphatic heterocycles. The second-order valence-electron chi connectivity index (χ2n) is 4.50. The van der Waals surface area contributed by atoms with Crippen LogP contribution in [0, 0.1) is 5.82 Å². The summed E-state index contributed by atoms with van der Waals surface area (Å²) in [5.41, 5.74) is -4.91. The van der Waals surface area contributed by atoms with Crippen molar-refractivity contribution in [3.8, 4) is 5.69 Å². The van der Waals surface area contributed by atoms with Crippen LogP contribution in [-0.2, 0) is 13.2 Å². The van der Waals surface area contributed by atoms with Crippen molar-refractivity contribution in [1.82, 2.24) is 9.13 Å². The first-order valence-corrected chi connectivity index (χ1v) is 6.84. The van der Waals surface area contributed by atoms with Gasteiger partial charge in [-0.25, -0.2) is 13.8 Å². The normalized spacial score (nSPS) is 11.2. The molecule has 2 rings (SSSR count). The van der Waals surface area contributed by atoms with E-state index in [-0.39, 0.29) is 25.9 Å². The van der Waals surface area contributed by atoms with Crippen LogP contribution >= 0.6 is 23.8 Å². The second-order valence-corrected chi connectivity index (χ2v) is 5.09. The minimum Gasteiger partial charge on any atom is -0.292 e. The van der Waals surface area contributed by atoms with E-state index in [0.29, 0.717) is 0 Å². The Morgan fingerprint density at radius 1 is 1.25 bits per heavy atom. The highest BCUT2D eigenvalue weighted by atomic mass is 35.5. The molecular formula is C13H6ClF4N3O2S. The van der Waals surface area contributed by atoms with E-state index in [0.717, 1.165) is 19.2 Å². The van der Waals surface area contributed by atoms with Gasteiger partial charge >= 0.3 is 11.9 Å². The zero-order valence-corrected chi connectivity index (χ0v) is 13.3. The van der Waals surface area contributed by atoms with E-state index in [9.17, 15) is 27.2 Å². The molecule has 0 unspecified atom stereocenters. The van der Waals surface area contributed by atoms with E-state index in [1.54, 1.807) is 0 Å². The van der Waals surface area contributed by atoms with Crippen LogP contribution in [-0.4, -0.2) is 14.3 Å². The van der Waals surface area contributed by atoms with Crippen LogP contribution in [0.4, 0.5) is 23.2 Å². The van der Waals surface area contributed by atoms with E-state index in [4.69, 9.17) is 11.6 Å². The predicted octanol–water partition coefficient (Wildman–Crippen LogP) is 3.08. The van der Waals surface area contributed by atoms with Gasteiger partial charge in [0.1, 0.15) is 11.5 Å². The van der Waals surface area contributed by atoms with Gasteiger partial charge in [0.15, 0.2) is 0 Å². The zero-order chi connectivity index (χ0) is 18.2. The standard InChI is InChI=1S/C13H6ClF4N3O2S/c1-20-10(13(16,17)18)4-11(22)21(12(20)23)9-3-8(19-5-24)6(14)2-7(9)15/h2-4H,1H3. The number of alkyl halides is 3. The van der Waals surface area contributed by atoms with Gasteiger partial charge in [0.2, 0.25) is 0 Å². The fourth-order valence-corrected chi connectivity index (χ4v) is 2.24. The summed E-state index contributed by atoms with van der Waals surface area (Å²) in [6.07, 6.45) is -4.92. The molecule has 1 aromatic carbocycles. The van der Waals surface area contributed by atoms with Gasteiger partial charge in [-0.3, -0.25) is 9.36 Å². The highest BCUT2D eigenvalue weighted by molar-refractivity contribution is 7.78. The fraction of sp³-hybridized carbons (Fsp3) is 0.154. The molecule has 0 atom stereocenters. The maximum absolute atomic E-state index is 14.1. The van der Waals surface area contributed by atoms with Gasteiger partial charge in [-0.15, -0.1) is 0 Å². The Balaban J connectivity index is 2.87. The number of isothiocyanates is 1. The van der Waals surface area contributed by atoms with Crippen molar-refractivity contribution in [2.75, 3.05) is 0 Å². The molecule has 0 aliphatic carbocycles. The van der Waals surface area contributed by atoms with Gasteiger partial charge < -0.3 is 0 Å². The molecule has 0 saturated carbocycles. The van der Waals surface area contributed by atoms with Crippen LogP contribution < -0.4 is 11.2 Å². The average Bonchev–Trinajstić information content (AvgIpc) is 2.46. The Kier molecular flexibility index (Phi) is 4.75. The molecule has 0 amide bonds. The molecule has 0 aliphatic rings. The number of rotatable bonds is 2. The Labute approximate surface area is 141 Å². The summed E-state index contributed by atoms with van der Waals surface area (Å²) in [7, 11) is 0.811. The Morgan fingerprint density at radius 3 is 2.42 bits per heavy atom. The van der Waals surface area contributed by atoms with Crippen molar-refractivity contribution in [2.24, 2.45) is 12.0 Å². The summed E-state index contributed by atoms with van der Waals surface area (Å²) in [6.45, 7) is 0. The average molecular weight is 380 g/mol. The van der Waals surface area contributed by atoms with E-state index in [2.05, 4.69) is 17.2 Å². The van der Waals surface area contributed by atoms with Crippen molar-refractivity contribution in [1.29, 1.82) is 0 Å². The smallest absolute Gasteiger partial charge is 0.292 e. The van der Waals surface area contributed by atoms with Crippen LogP contribution in [0.3, 0.4) is 0 Å². The van der Waals surface area contributed by atoms with Crippen molar-refractivity contribution < 1.29 is 17.6 Å². The molecule has 0 fully saturated rings. The Hall–Kier alpha value is -2.29. The predicted molar refractivity (Wildman–Crippen MR) is 81.9 cm³/mol.